The number of aromatic nitrogens is 2. The molecule has 0 saturated carbocycles. The summed E-state index contributed by atoms with van der Waals surface area (Å²) in [6, 6.07) is 6.59. The third-order valence-electron chi connectivity index (χ3n) is 6.52. The molecule has 8 nitrogen and oxygen atoms in total. The molecular formula is C23H28N4O4. The molecule has 1 aromatic carbocycles. The lowest BCUT2D eigenvalue weighted by atomic mass is 9.84. The quantitative estimate of drug-likeness (QED) is 0.818. The molecule has 1 aromatic heterocycles. The second-order valence-electron chi connectivity index (χ2n) is 8.55. The fourth-order valence-electron chi connectivity index (χ4n) is 4.51. The van der Waals surface area contributed by atoms with Crippen molar-refractivity contribution in [2.45, 2.75) is 58.1 Å². The first-order chi connectivity index (χ1) is 14.7. The van der Waals surface area contributed by atoms with E-state index in [0.29, 0.717) is 36.4 Å². The van der Waals surface area contributed by atoms with Crippen molar-refractivity contribution >= 4 is 23.3 Å². The number of hydrogen-bond acceptors (Lipinski definition) is 5. The predicted octanol–water partition coefficient (Wildman–Crippen LogP) is 2.78. The highest BCUT2D eigenvalue weighted by atomic mass is 16.5. The second kappa shape index (κ2) is 7.83. The van der Waals surface area contributed by atoms with Gasteiger partial charge in [-0.25, -0.2) is 0 Å². The molecule has 2 aromatic rings. The summed E-state index contributed by atoms with van der Waals surface area (Å²) in [6.45, 7) is 5.81. The molecule has 31 heavy (non-hydrogen) atoms. The van der Waals surface area contributed by atoms with Gasteiger partial charge in [0.1, 0.15) is 17.4 Å². The van der Waals surface area contributed by atoms with Crippen LogP contribution in [0.2, 0.25) is 0 Å². The Kier molecular flexibility index (Phi) is 5.33. The van der Waals surface area contributed by atoms with E-state index in [9.17, 15) is 14.4 Å². The Bertz CT molecular complexity index is 1060. The van der Waals surface area contributed by atoms with E-state index < -0.39 is 11.6 Å². The van der Waals surface area contributed by atoms with Gasteiger partial charge < -0.3 is 15.0 Å². The molecule has 164 valence electrons. The van der Waals surface area contributed by atoms with Gasteiger partial charge in [-0.05, 0) is 39.3 Å². The third kappa shape index (κ3) is 3.82. The van der Waals surface area contributed by atoms with Crippen LogP contribution in [0.5, 0.6) is 5.75 Å². The van der Waals surface area contributed by atoms with Crippen LogP contribution in [0.25, 0.3) is 0 Å². The van der Waals surface area contributed by atoms with Crippen LogP contribution < -0.4 is 10.1 Å². The molecule has 0 bridgehead atoms. The predicted molar refractivity (Wildman–Crippen MR) is 115 cm³/mol. The summed E-state index contributed by atoms with van der Waals surface area (Å²) in [5, 5.41) is 7.25. The number of ketones is 1. The summed E-state index contributed by atoms with van der Waals surface area (Å²) in [4.78, 5) is 40.1. The molecule has 1 N–H and O–H groups in total. The lowest BCUT2D eigenvalue weighted by molar-refractivity contribution is -0.137. The van der Waals surface area contributed by atoms with Crippen LogP contribution in [0, 0.1) is 13.8 Å². The average molecular weight is 425 g/mol. The third-order valence-corrected chi connectivity index (χ3v) is 6.52. The number of likely N-dealkylation sites (tertiary alicyclic amines) is 1. The van der Waals surface area contributed by atoms with E-state index in [1.54, 1.807) is 28.6 Å². The highest BCUT2D eigenvalue weighted by Gasteiger charge is 2.44. The van der Waals surface area contributed by atoms with E-state index in [0.717, 1.165) is 11.4 Å². The number of benzene rings is 1. The molecule has 2 amide bonds. The SMILES string of the molecule is Cc1nn(C)c(C)c1NC(=O)[C@H](C)N1CC[C@]2(CCC1=O)CC(=O)c1ccccc1O2. The van der Waals surface area contributed by atoms with Crippen molar-refractivity contribution in [1.82, 2.24) is 14.7 Å². The largest absolute Gasteiger partial charge is 0.486 e. The summed E-state index contributed by atoms with van der Waals surface area (Å²) in [7, 11) is 1.82. The van der Waals surface area contributed by atoms with Gasteiger partial charge in [0.2, 0.25) is 11.8 Å². The maximum Gasteiger partial charge on any atom is 0.246 e. The number of fused-ring (bicyclic) bond motifs is 1. The van der Waals surface area contributed by atoms with Crippen molar-refractivity contribution in [2.75, 3.05) is 11.9 Å². The van der Waals surface area contributed by atoms with Crippen molar-refractivity contribution < 1.29 is 19.1 Å². The summed E-state index contributed by atoms with van der Waals surface area (Å²) < 4.78 is 7.98. The second-order valence-corrected chi connectivity index (χ2v) is 8.55. The van der Waals surface area contributed by atoms with E-state index in [1.807, 2.05) is 33.0 Å². The molecule has 0 radical (unpaired) electrons. The molecule has 1 spiro atoms. The summed E-state index contributed by atoms with van der Waals surface area (Å²) >= 11 is 0. The Labute approximate surface area is 181 Å². The van der Waals surface area contributed by atoms with Gasteiger partial charge in [0.15, 0.2) is 5.78 Å². The Morgan fingerprint density at radius 2 is 1.97 bits per heavy atom. The van der Waals surface area contributed by atoms with Crippen molar-refractivity contribution in [2.24, 2.45) is 7.05 Å². The summed E-state index contributed by atoms with van der Waals surface area (Å²) in [6.07, 6.45) is 1.44. The highest BCUT2D eigenvalue weighted by Crippen LogP contribution is 2.39. The fourth-order valence-corrected chi connectivity index (χ4v) is 4.51. The Balaban J connectivity index is 1.49. The number of para-hydroxylation sites is 1. The highest BCUT2D eigenvalue weighted by molar-refractivity contribution is 6.00. The van der Waals surface area contributed by atoms with Crippen molar-refractivity contribution in [1.29, 1.82) is 0 Å². The standard InChI is InChI=1S/C23H28N4O4/c1-14-21(15(2)26(4)25-14)24-22(30)16(3)27-12-11-23(10-9-20(27)29)13-18(28)17-7-5-6-8-19(17)31-23/h5-8,16H,9-13H2,1-4H3,(H,24,30)/t16-,23+/m0/s1. The number of ether oxygens (including phenoxy) is 1. The van der Waals surface area contributed by atoms with Crippen LogP contribution >= 0.6 is 0 Å². The van der Waals surface area contributed by atoms with Gasteiger partial charge >= 0.3 is 0 Å². The van der Waals surface area contributed by atoms with E-state index in [-0.39, 0.29) is 30.4 Å². The molecule has 0 aliphatic carbocycles. The van der Waals surface area contributed by atoms with Crippen LogP contribution in [-0.2, 0) is 16.6 Å². The Morgan fingerprint density at radius 3 is 2.68 bits per heavy atom. The van der Waals surface area contributed by atoms with Gasteiger partial charge in [-0.3, -0.25) is 19.1 Å². The molecular weight excluding hydrogens is 396 g/mol. The number of anilines is 1. The molecule has 4 rings (SSSR count). The number of nitrogens with zero attached hydrogens (tertiary/aromatic N) is 3. The maximum absolute atomic E-state index is 12.9. The van der Waals surface area contributed by atoms with E-state index >= 15 is 0 Å². The monoisotopic (exact) mass is 424 g/mol. The number of Topliss-reactive ketones (excluding diaryl/α,β-unsaturated/α-hetero) is 1. The summed E-state index contributed by atoms with van der Waals surface area (Å²) in [5.41, 5.74) is 2.15. The zero-order valence-electron chi connectivity index (χ0n) is 18.4. The topological polar surface area (TPSA) is 93.5 Å². The first-order valence-electron chi connectivity index (χ1n) is 10.6. The number of carbonyl (C=O) groups excluding carboxylic acids is 3. The minimum Gasteiger partial charge on any atom is -0.486 e. The molecule has 3 heterocycles. The number of aryl methyl sites for hydroxylation is 2. The first-order valence-corrected chi connectivity index (χ1v) is 10.6. The number of hydrogen-bond donors (Lipinski definition) is 1. The zero-order chi connectivity index (χ0) is 22.3. The molecule has 0 unspecified atom stereocenters. The minimum atomic E-state index is -0.706. The minimum absolute atomic E-state index is 0.0380. The van der Waals surface area contributed by atoms with Crippen LogP contribution in [0.3, 0.4) is 0 Å². The van der Waals surface area contributed by atoms with Crippen molar-refractivity contribution in [3.8, 4) is 5.75 Å². The van der Waals surface area contributed by atoms with Gasteiger partial charge in [-0.2, -0.15) is 5.10 Å². The Morgan fingerprint density at radius 1 is 1.23 bits per heavy atom. The molecule has 2 atom stereocenters. The van der Waals surface area contributed by atoms with Gasteiger partial charge in [0.25, 0.3) is 0 Å². The number of rotatable bonds is 3. The number of carbonyl (C=O) groups is 3. The maximum atomic E-state index is 12.9. The number of amides is 2. The van der Waals surface area contributed by atoms with Gasteiger partial charge in [-0.15, -0.1) is 0 Å². The normalized spacial score (nSPS) is 22.0. The van der Waals surface area contributed by atoms with Crippen molar-refractivity contribution in [3.63, 3.8) is 0 Å². The van der Waals surface area contributed by atoms with Gasteiger partial charge in [0.05, 0.1) is 29.1 Å². The summed E-state index contributed by atoms with van der Waals surface area (Å²) in [5.74, 6) is 0.257. The number of nitrogens with one attached hydrogen (secondary N) is 1. The lowest BCUT2D eigenvalue weighted by Gasteiger charge is -2.37. The molecule has 2 aliphatic rings. The fraction of sp³-hybridized carbons (Fsp3) is 0.478. The molecule has 8 heteroatoms. The average Bonchev–Trinajstić information content (AvgIpc) is 2.88. The first kappa shape index (κ1) is 21.1. The van der Waals surface area contributed by atoms with Crippen LogP contribution in [-0.4, -0.2) is 50.5 Å². The van der Waals surface area contributed by atoms with Crippen LogP contribution in [0.1, 0.15) is 54.4 Å². The molecule has 2 aliphatic heterocycles. The van der Waals surface area contributed by atoms with Gasteiger partial charge in [-0.1, -0.05) is 12.1 Å². The van der Waals surface area contributed by atoms with Gasteiger partial charge in [0, 0.05) is 26.4 Å². The zero-order valence-corrected chi connectivity index (χ0v) is 18.4. The Hall–Kier alpha value is -3.16. The van der Waals surface area contributed by atoms with Crippen LogP contribution in [0.4, 0.5) is 5.69 Å². The molecule has 1 saturated heterocycles. The van der Waals surface area contributed by atoms with E-state index in [2.05, 4.69) is 10.4 Å². The van der Waals surface area contributed by atoms with Crippen LogP contribution in [0.15, 0.2) is 24.3 Å². The molecule has 1 fully saturated rings. The smallest absolute Gasteiger partial charge is 0.246 e. The van der Waals surface area contributed by atoms with E-state index in [4.69, 9.17) is 4.74 Å². The van der Waals surface area contributed by atoms with E-state index in [1.165, 1.54) is 0 Å². The van der Waals surface area contributed by atoms with Crippen molar-refractivity contribution in [3.05, 3.63) is 41.2 Å². The lowest BCUT2D eigenvalue weighted by Crippen LogP contribution is -2.47.